The van der Waals surface area contributed by atoms with Gasteiger partial charge in [-0.2, -0.15) is 0 Å². The Hall–Kier alpha value is -3.72. The highest BCUT2D eigenvalue weighted by molar-refractivity contribution is 6.33. The third kappa shape index (κ3) is 6.15. The van der Waals surface area contributed by atoms with Gasteiger partial charge < -0.3 is 33.9 Å². The van der Waals surface area contributed by atoms with Crippen LogP contribution < -0.4 is 24.3 Å². The number of nitrogens with one attached hydrogen (secondary N) is 1. The molecule has 0 radical (unpaired) electrons. The first-order valence-corrected chi connectivity index (χ1v) is 14.3. The van der Waals surface area contributed by atoms with Crippen molar-refractivity contribution < 1.29 is 23.7 Å². The molecule has 5 heterocycles. The van der Waals surface area contributed by atoms with Gasteiger partial charge in [-0.1, -0.05) is 17.5 Å². The lowest BCUT2D eigenvalue weighted by Gasteiger charge is -2.36. The monoisotopic (exact) mass is 580 g/mol. The predicted octanol–water partition coefficient (Wildman–Crippen LogP) is 4.07. The van der Waals surface area contributed by atoms with E-state index in [0.29, 0.717) is 70.4 Å². The molecule has 11 nitrogen and oxygen atoms in total. The zero-order valence-electron chi connectivity index (χ0n) is 23.2. The maximum absolute atomic E-state index is 6.56. The number of halogens is 1. The molecule has 2 saturated heterocycles. The number of aromatic nitrogens is 3. The number of hydrogen-bond acceptors (Lipinski definition) is 11. The molecule has 216 valence electrons. The van der Waals surface area contributed by atoms with Crippen LogP contribution in [0.4, 0.5) is 11.5 Å². The highest BCUT2D eigenvalue weighted by atomic mass is 35.5. The number of anilines is 2. The summed E-state index contributed by atoms with van der Waals surface area (Å²) in [6.45, 7) is 9.75. The molecule has 2 fully saturated rings. The van der Waals surface area contributed by atoms with Crippen molar-refractivity contribution in [2.45, 2.75) is 38.8 Å². The minimum absolute atomic E-state index is 0.00203. The fourth-order valence-corrected chi connectivity index (χ4v) is 5.38. The average Bonchev–Trinajstić information content (AvgIpc) is 3.48. The van der Waals surface area contributed by atoms with Crippen LogP contribution in [0.3, 0.4) is 0 Å². The second-order valence-electron chi connectivity index (χ2n) is 10.2. The van der Waals surface area contributed by atoms with Crippen molar-refractivity contribution in [3.63, 3.8) is 0 Å². The van der Waals surface area contributed by atoms with Crippen LogP contribution in [0.5, 0.6) is 23.1 Å². The summed E-state index contributed by atoms with van der Waals surface area (Å²) in [6, 6.07) is 7.23. The lowest BCUT2D eigenvalue weighted by atomic mass is 10.1. The molecule has 0 bridgehead atoms. The Labute approximate surface area is 244 Å². The fraction of sp³-hybridized carbons (Fsp3) is 0.483. The zero-order chi connectivity index (χ0) is 28.2. The molecule has 12 heteroatoms. The van der Waals surface area contributed by atoms with Crippen molar-refractivity contribution in [3.05, 3.63) is 29.7 Å². The highest BCUT2D eigenvalue weighted by Crippen LogP contribution is 2.44. The van der Waals surface area contributed by atoms with E-state index < -0.39 is 0 Å². The first kappa shape index (κ1) is 27.4. The number of pyridine rings is 1. The number of ether oxygens (including phenoxy) is 5. The predicted molar refractivity (Wildman–Crippen MR) is 154 cm³/mol. The molecule has 3 aliphatic heterocycles. The normalized spacial score (nSPS) is 18.1. The number of rotatable bonds is 8. The van der Waals surface area contributed by atoms with Crippen LogP contribution in [0, 0.1) is 12.0 Å². The summed E-state index contributed by atoms with van der Waals surface area (Å²) in [7, 11) is 0. The molecule has 1 atom stereocenters. The Morgan fingerprint density at radius 1 is 1.12 bits per heavy atom. The van der Waals surface area contributed by atoms with Crippen molar-refractivity contribution in [2.75, 3.05) is 58.1 Å². The number of benzene rings is 1. The van der Waals surface area contributed by atoms with Crippen molar-refractivity contribution in [2.24, 2.45) is 0 Å². The number of piperazine rings is 1. The van der Waals surface area contributed by atoms with Gasteiger partial charge in [-0.3, -0.25) is 4.90 Å². The molecule has 0 saturated carbocycles. The van der Waals surface area contributed by atoms with Crippen LogP contribution in [-0.4, -0.2) is 89.7 Å². The van der Waals surface area contributed by atoms with Gasteiger partial charge in [-0.25, -0.2) is 15.0 Å². The van der Waals surface area contributed by atoms with E-state index in [9.17, 15) is 0 Å². The number of fused-ring (bicyclic) bond motifs is 2. The second kappa shape index (κ2) is 12.4. The summed E-state index contributed by atoms with van der Waals surface area (Å²) < 4.78 is 29.5. The lowest BCUT2D eigenvalue weighted by Crippen LogP contribution is -2.49. The third-order valence-electron chi connectivity index (χ3n) is 7.43. The van der Waals surface area contributed by atoms with Crippen molar-refractivity contribution in [1.29, 1.82) is 0 Å². The highest BCUT2D eigenvalue weighted by Gasteiger charge is 2.26. The number of hydrogen-bond donors (Lipinski definition) is 1. The molecule has 41 heavy (non-hydrogen) atoms. The Bertz CT molecular complexity index is 1450. The van der Waals surface area contributed by atoms with E-state index in [0.717, 1.165) is 39.0 Å². The van der Waals surface area contributed by atoms with Crippen LogP contribution in [0.1, 0.15) is 26.7 Å². The maximum atomic E-state index is 6.56. The van der Waals surface area contributed by atoms with E-state index >= 15 is 0 Å². The maximum Gasteiger partial charge on any atom is 0.262 e. The van der Waals surface area contributed by atoms with Crippen LogP contribution >= 0.6 is 11.6 Å². The number of nitrogens with zero attached hydrogens (tertiary/aromatic N) is 5. The lowest BCUT2D eigenvalue weighted by molar-refractivity contribution is 0.0260. The molecular formula is C29H33ClN6O5. The van der Waals surface area contributed by atoms with Crippen LogP contribution in [0.25, 0.3) is 10.9 Å². The summed E-state index contributed by atoms with van der Waals surface area (Å²) in [6.07, 6.45) is 4.61. The van der Waals surface area contributed by atoms with E-state index in [-0.39, 0.29) is 18.9 Å². The molecular weight excluding hydrogens is 548 g/mol. The Balaban J connectivity index is 1.27. The third-order valence-corrected chi connectivity index (χ3v) is 7.72. The van der Waals surface area contributed by atoms with Gasteiger partial charge in [-0.15, -0.1) is 0 Å². The summed E-state index contributed by atoms with van der Waals surface area (Å²) in [4.78, 5) is 17.9. The van der Waals surface area contributed by atoms with E-state index in [1.807, 2.05) is 19.1 Å². The standard InChI is InChI=1S/C29H33ClN6O5/c1-3-6-35-7-9-36(10-8-35)19(2)16-38-21-13-23-25(24(14-21)41-20-4-11-37-12-5-20)28(33-17-32-23)34-26-22(30)15-31-29-27(26)39-18-40-29/h13-15,17,19-20H,4-5,7-12,16,18H2,1-2H3,(H,31,32,33,34). The minimum Gasteiger partial charge on any atom is -0.492 e. The van der Waals surface area contributed by atoms with Gasteiger partial charge in [0, 0.05) is 63.2 Å². The molecule has 1 aromatic carbocycles. The van der Waals surface area contributed by atoms with Crippen LogP contribution in [0.15, 0.2) is 24.7 Å². The summed E-state index contributed by atoms with van der Waals surface area (Å²) >= 11 is 6.51. The summed E-state index contributed by atoms with van der Waals surface area (Å²) in [5.74, 6) is 5.64. The van der Waals surface area contributed by atoms with Gasteiger partial charge in [0.1, 0.15) is 42.0 Å². The minimum atomic E-state index is 0.00203. The SMILES string of the molecule is CC#CN1CCN(C(C)COc2cc(OC3CCOCC3)c3c(Nc4c(Cl)cnc5c4OCO5)ncnc3c2)CC1. The molecule has 6 rings (SSSR count). The van der Waals surface area contributed by atoms with Gasteiger partial charge in [-0.05, 0) is 13.8 Å². The average molecular weight is 581 g/mol. The van der Waals surface area contributed by atoms with Crippen molar-refractivity contribution in [1.82, 2.24) is 24.8 Å². The van der Waals surface area contributed by atoms with Gasteiger partial charge >= 0.3 is 0 Å². The van der Waals surface area contributed by atoms with Crippen LogP contribution in [-0.2, 0) is 4.74 Å². The van der Waals surface area contributed by atoms with E-state index in [1.54, 1.807) is 0 Å². The Morgan fingerprint density at radius 2 is 1.95 bits per heavy atom. The molecule has 0 amide bonds. The Kier molecular flexibility index (Phi) is 8.32. The van der Waals surface area contributed by atoms with E-state index in [1.165, 1.54) is 12.5 Å². The van der Waals surface area contributed by atoms with Gasteiger partial charge in [0.05, 0.1) is 35.3 Å². The molecule has 1 N–H and O–H groups in total. The molecule has 0 spiro atoms. The first-order chi connectivity index (χ1) is 20.1. The molecule has 0 aliphatic carbocycles. The molecule has 2 aromatic heterocycles. The zero-order valence-corrected chi connectivity index (χ0v) is 23.9. The van der Waals surface area contributed by atoms with Crippen LogP contribution in [0.2, 0.25) is 5.02 Å². The Morgan fingerprint density at radius 3 is 2.76 bits per heavy atom. The van der Waals surface area contributed by atoms with Crippen molar-refractivity contribution in [3.8, 4) is 35.1 Å². The molecule has 3 aromatic rings. The fourth-order valence-electron chi connectivity index (χ4n) is 5.20. The van der Waals surface area contributed by atoms with E-state index in [2.05, 4.69) is 49.0 Å². The quantitative estimate of drug-likeness (QED) is 0.390. The summed E-state index contributed by atoms with van der Waals surface area (Å²) in [5, 5.41) is 4.42. The van der Waals surface area contributed by atoms with Crippen molar-refractivity contribution >= 4 is 34.0 Å². The van der Waals surface area contributed by atoms with Gasteiger partial charge in [0.15, 0.2) is 0 Å². The second-order valence-corrected chi connectivity index (χ2v) is 10.6. The smallest absolute Gasteiger partial charge is 0.262 e. The summed E-state index contributed by atoms with van der Waals surface area (Å²) in [5.41, 5.74) is 1.20. The van der Waals surface area contributed by atoms with E-state index in [4.69, 9.17) is 35.3 Å². The largest absolute Gasteiger partial charge is 0.492 e. The first-order valence-electron chi connectivity index (χ1n) is 13.9. The van der Waals surface area contributed by atoms with Gasteiger partial charge in [0.25, 0.3) is 5.88 Å². The topological polar surface area (TPSA) is 103 Å². The molecule has 3 aliphatic rings. The molecule has 1 unspecified atom stereocenters. The van der Waals surface area contributed by atoms with Gasteiger partial charge in [0.2, 0.25) is 12.5 Å².